The molecule has 0 atom stereocenters. The van der Waals surface area contributed by atoms with Crippen molar-refractivity contribution in [1.82, 2.24) is 5.32 Å². The Morgan fingerprint density at radius 2 is 1.43 bits per heavy atom. The molecule has 0 aliphatic carbocycles. The van der Waals surface area contributed by atoms with Crippen LogP contribution in [-0.2, 0) is 0 Å². The highest BCUT2D eigenvalue weighted by Gasteiger charge is 1.87. The van der Waals surface area contributed by atoms with Crippen LogP contribution in [0.2, 0.25) is 0 Å². The Labute approximate surface area is 40.7 Å². The van der Waals surface area contributed by atoms with E-state index in [2.05, 4.69) is 16.8 Å². The molecule has 0 heterocycles. The minimum atomic E-state index is -0.437. The summed E-state index contributed by atoms with van der Waals surface area (Å²) >= 11 is 0. The molecule has 0 bridgehead atoms. The van der Waals surface area contributed by atoms with Crippen molar-refractivity contribution in [1.29, 1.82) is 10.8 Å². The number of nitrogens with one attached hydrogen (secondary N) is 2. The number of rotatable bonds is 0. The Bertz CT molecular complexity index is 82.3. The summed E-state index contributed by atoms with van der Waals surface area (Å²) in [5.74, 6) is -0.875. The van der Waals surface area contributed by atoms with Crippen molar-refractivity contribution in [2.24, 2.45) is 11.5 Å². The molecular formula is C2H6N5. The molecule has 0 unspecified atom stereocenters. The Kier molecular flexibility index (Phi) is 1.65. The van der Waals surface area contributed by atoms with E-state index in [1.54, 1.807) is 0 Å². The lowest BCUT2D eigenvalue weighted by Crippen LogP contribution is -2.33. The highest BCUT2D eigenvalue weighted by molar-refractivity contribution is 5.93. The second-order valence-electron chi connectivity index (χ2n) is 0.882. The van der Waals surface area contributed by atoms with Gasteiger partial charge in [-0.3, -0.25) is 10.8 Å². The van der Waals surface area contributed by atoms with Crippen molar-refractivity contribution < 1.29 is 0 Å². The van der Waals surface area contributed by atoms with E-state index in [0.717, 1.165) is 0 Å². The van der Waals surface area contributed by atoms with Crippen molar-refractivity contribution in [3.05, 3.63) is 0 Å². The van der Waals surface area contributed by atoms with E-state index in [1.807, 2.05) is 0 Å². The normalized spacial score (nSPS) is 7.43. The van der Waals surface area contributed by atoms with Crippen LogP contribution in [0.5, 0.6) is 0 Å². The molecule has 0 rings (SSSR count). The summed E-state index contributed by atoms with van der Waals surface area (Å²) in [5.41, 5.74) is 9.38. The third-order valence-electron chi connectivity index (χ3n) is 0.241. The van der Waals surface area contributed by atoms with Crippen LogP contribution < -0.4 is 16.8 Å². The molecule has 7 heavy (non-hydrogen) atoms. The fourth-order valence-corrected chi connectivity index (χ4v) is 0.130. The highest BCUT2D eigenvalue weighted by Crippen LogP contribution is 1.49. The minimum Gasteiger partial charge on any atom is -0.368 e. The number of nitrogens with two attached hydrogens (primary N) is 2. The Morgan fingerprint density at radius 1 is 1.14 bits per heavy atom. The van der Waals surface area contributed by atoms with Crippen LogP contribution in [0.1, 0.15) is 0 Å². The van der Waals surface area contributed by atoms with Gasteiger partial charge in [-0.05, 0) is 0 Å². The van der Waals surface area contributed by atoms with E-state index in [0.29, 0.717) is 0 Å². The van der Waals surface area contributed by atoms with E-state index >= 15 is 0 Å². The monoisotopic (exact) mass is 100 g/mol. The van der Waals surface area contributed by atoms with Gasteiger partial charge in [-0.15, -0.1) is 0 Å². The molecule has 5 heteroatoms. The van der Waals surface area contributed by atoms with Crippen LogP contribution in [0.3, 0.4) is 0 Å². The molecule has 6 N–H and O–H groups in total. The molecule has 39 valence electrons. The SMILES string of the molecule is N=C(N)[N]C(=N)N. The van der Waals surface area contributed by atoms with E-state index in [1.165, 1.54) is 0 Å². The van der Waals surface area contributed by atoms with Crippen LogP contribution in [0.25, 0.3) is 0 Å². The molecule has 0 saturated heterocycles. The number of hydrogen-bond acceptors (Lipinski definition) is 2. The van der Waals surface area contributed by atoms with E-state index in [-0.39, 0.29) is 0 Å². The van der Waals surface area contributed by atoms with Crippen molar-refractivity contribution in [3.8, 4) is 0 Å². The van der Waals surface area contributed by atoms with Gasteiger partial charge in [0.25, 0.3) is 0 Å². The van der Waals surface area contributed by atoms with Crippen LogP contribution >= 0.6 is 0 Å². The molecule has 0 aliphatic heterocycles. The second kappa shape index (κ2) is 2.01. The van der Waals surface area contributed by atoms with Gasteiger partial charge in [0.15, 0.2) is 0 Å². The molecule has 0 aromatic rings. The summed E-state index contributed by atoms with van der Waals surface area (Å²) in [4.78, 5) is 0. The zero-order valence-corrected chi connectivity index (χ0v) is 3.60. The molecule has 0 aromatic carbocycles. The predicted molar refractivity (Wildman–Crippen MR) is 26.0 cm³/mol. The lowest BCUT2D eigenvalue weighted by molar-refractivity contribution is 1.17. The first-order chi connectivity index (χ1) is 3.13. The largest absolute Gasteiger partial charge is 0.368 e. The average molecular weight is 100 g/mol. The van der Waals surface area contributed by atoms with Crippen molar-refractivity contribution in [2.75, 3.05) is 0 Å². The van der Waals surface area contributed by atoms with Gasteiger partial charge in [0, 0.05) is 0 Å². The summed E-state index contributed by atoms with van der Waals surface area (Å²) in [6.45, 7) is 0. The first-order valence-electron chi connectivity index (χ1n) is 1.52. The van der Waals surface area contributed by atoms with Gasteiger partial charge in [0.1, 0.15) is 0 Å². The van der Waals surface area contributed by atoms with Gasteiger partial charge >= 0.3 is 0 Å². The van der Waals surface area contributed by atoms with Crippen LogP contribution in [-0.4, -0.2) is 11.9 Å². The maximum absolute atomic E-state index is 6.42. The lowest BCUT2D eigenvalue weighted by atomic mass is 10.9. The van der Waals surface area contributed by atoms with E-state index in [9.17, 15) is 0 Å². The number of hydrogen-bond donors (Lipinski definition) is 4. The molecule has 0 aliphatic rings. The predicted octanol–water partition coefficient (Wildman–Crippen LogP) is -1.62. The average Bonchev–Trinajstić information content (AvgIpc) is 1.27. The first-order valence-corrected chi connectivity index (χ1v) is 1.52. The zero-order chi connectivity index (χ0) is 5.86. The lowest BCUT2D eigenvalue weighted by Gasteiger charge is -1.90. The minimum absolute atomic E-state index is 0.437. The van der Waals surface area contributed by atoms with Crippen LogP contribution in [0, 0.1) is 10.8 Å². The molecule has 0 spiro atoms. The maximum Gasteiger partial charge on any atom is 0.215 e. The summed E-state index contributed by atoms with van der Waals surface area (Å²) in [7, 11) is 0. The van der Waals surface area contributed by atoms with Gasteiger partial charge in [0.05, 0.1) is 0 Å². The van der Waals surface area contributed by atoms with E-state index < -0.39 is 11.9 Å². The Balaban J connectivity index is 3.32. The van der Waals surface area contributed by atoms with E-state index in [4.69, 9.17) is 10.8 Å². The van der Waals surface area contributed by atoms with Gasteiger partial charge in [-0.1, -0.05) is 0 Å². The molecule has 0 aromatic heterocycles. The summed E-state index contributed by atoms with van der Waals surface area (Å²) in [6.07, 6.45) is 0. The fourth-order valence-electron chi connectivity index (χ4n) is 0.130. The molecule has 0 fully saturated rings. The third kappa shape index (κ3) is 4.74. The second-order valence-corrected chi connectivity index (χ2v) is 0.882. The van der Waals surface area contributed by atoms with Crippen molar-refractivity contribution in [3.63, 3.8) is 0 Å². The van der Waals surface area contributed by atoms with Gasteiger partial charge in [-0.25, -0.2) is 0 Å². The summed E-state index contributed by atoms with van der Waals surface area (Å²) < 4.78 is 0. The summed E-state index contributed by atoms with van der Waals surface area (Å²) in [5, 5.41) is 15.8. The fraction of sp³-hybridized carbons (Fsp3) is 0. The van der Waals surface area contributed by atoms with Gasteiger partial charge in [0.2, 0.25) is 11.9 Å². The molecule has 1 radical (unpaired) electrons. The van der Waals surface area contributed by atoms with Crippen LogP contribution in [0.15, 0.2) is 0 Å². The first kappa shape index (κ1) is 5.74. The smallest absolute Gasteiger partial charge is 0.215 e. The summed E-state index contributed by atoms with van der Waals surface area (Å²) in [6, 6.07) is 0. The quantitative estimate of drug-likeness (QED) is 0.216. The highest BCUT2D eigenvalue weighted by atomic mass is 15.1. The Hall–Kier alpha value is -1.26. The standard InChI is InChI=1S/C2H6N5/c3-1(4)7-2(5)6/h(H3,3,4)(H3,5,6). The maximum atomic E-state index is 6.42. The third-order valence-corrected chi connectivity index (χ3v) is 0.241. The zero-order valence-electron chi connectivity index (χ0n) is 3.60. The molecule has 5 nitrogen and oxygen atoms in total. The van der Waals surface area contributed by atoms with Crippen molar-refractivity contribution in [2.45, 2.75) is 0 Å². The molecule has 0 saturated carbocycles. The number of nitrogens with zero attached hydrogens (tertiary/aromatic N) is 1. The number of guanidine groups is 2. The van der Waals surface area contributed by atoms with Crippen LogP contribution in [0.4, 0.5) is 0 Å². The van der Waals surface area contributed by atoms with Gasteiger partial charge in [-0.2, -0.15) is 5.32 Å². The topological polar surface area (TPSA) is 114 Å². The Morgan fingerprint density at radius 3 is 1.43 bits per heavy atom. The van der Waals surface area contributed by atoms with Crippen molar-refractivity contribution >= 4 is 11.9 Å². The molecular weight excluding hydrogens is 94.1 g/mol. The van der Waals surface area contributed by atoms with Gasteiger partial charge < -0.3 is 11.5 Å². The molecule has 0 amide bonds.